The van der Waals surface area contributed by atoms with E-state index in [4.69, 9.17) is 4.74 Å². The summed E-state index contributed by atoms with van der Waals surface area (Å²) in [6, 6.07) is 32.6. The fraction of sp³-hybridized carbons (Fsp3) is 0.151. The van der Waals surface area contributed by atoms with Crippen LogP contribution in [0.5, 0.6) is 11.5 Å². The Morgan fingerprint density at radius 1 is 0.418 bits per heavy atom. The molecule has 0 unspecified atom stereocenters. The SMILES string of the molecule is Cc1ccc(Oc2ccc(N3C(=O)c4ccc(-c5ccc6c(c5)C(=O)N(CCCCCCN5C(=O)c7ccc(C(=O)c8ccc9c(c8)C(=O)N(C)C9=O)cc7C5=O)C6=O)cc4C3=O)cc2)cc1. The molecule has 4 aliphatic rings. The number of carbonyl (C=O) groups excluding carboxylic acids is 9. The molecule has 14 heteroatoms. The summed E-state index contributed by atoms with van der Waals surface area (Å²) in [4.78, 5) is 123. The maximum atomic E-state index is 13.7. The first-order chi connectivity index (χ1) is 32.3. The minimum atomic E-state index is -0.523. The number of ketones is 1. The van der Waals surface area contributed by atoms with Crippen LogP contribution in [0, 0.1) is 6.92 Å². The van der Waals surface area contributed by atoms with Crippen LogP contribution in [-0.2, 0) is 0 Å². The second-order valence-corrected chi connectivity index (χ2v) is 16.8. The van der Waals surface area contributed by atoms with E-state index in [1.54, 1.807) is 60.7 Å². The molecule has 4 aliphatic heterocycles. The van der Waals surface area contributed by atoms with E-state index in [2.05, 4.69) is 0 Å². The van der Waals surface area contributed by atoms with Crippen LogP contribution >= 0.6 is 0 Å². The van der Waals surface area contributed by atoms with E-state index in [0.717, 1.165) is 20.3 Å². The molecule has 0 radical (unpaired) electrons. The number of imide groups is 4. The van der Waals surface area contributed by atoms with Crippen molar-refractivity contribution in [2.75, 3.05) is 25.0 Å². The number of rotatable bonds is 13. The zero-order chi connectivity index (χ0) is 46.8. The van der Waals surface area contributed by atoms with Gasteiger partial charge in [-0.25, -0.2) is 4.90 Å². The van der Waals surface area contributed by atoms with Gasteiger partial charge >= 0.3 is 0 Å². The van der Waals surface area contributed by atoms with Crippen LogP contribution in [0.4, 0.5) is 5.69 Å². The van der Waals surface area contributed by atoms with E-state index < -0.39 is 53.0 Å². The molecule has 0 saturated heterocycles. The minimum Gasteiger partial charge on any atom is -0.457 e. The molecule has 0 aromatic heterocycles. The van der Waals surface area contributed by atoms with Gasteiger partial charge in [-0.1, -0.05) is 54.8 Å². The average molecular weight is 891 g/mol. The molecule has 0 saturated carbocycles. The second-order valence-electron chi connectivity index (χ2n) is 16.8. The molecule has 0 spiro atoms. The third kappa shape index (κ3) is 7.19. The van der Waals surface area contributed by atoms with E-state index in [0.29, 0.717) is 54.0 Å². The minimum absolute atomic E-state index is 0.103. The van der Waals surface area contributed by atoms with Crippen molar-refractivity contribution in [1.29, 1.82) is 0 Å². The molecule has 10 rings (SSSR count). The molecule has 67 heavy (non-hydrogen) atoms. The van der Waals surface area contributed by atoms with Crippen molar-refractivity contribution in [1.82, 2.24) is 14.7 Å². The normalized spacial score (nSPS) is 15.0. The number of ether oxygens (including phenoxy) is 1. The molecule has 0 N–H and O–H groups in total. The molecule has 6 aromatic carbocycles. The largest absolute Gasteiger partial charge is 0.457 e. The van der Waals surface area contributed by atoms with Gasteiger partial charge < -0.3 is 4.74 Å². The predicted molar refractivity (Wildman–Crippen MR) is 243 cm³/mol. The van der Waals surface area contributed by atoms with Crippen molar-refractivity contribution in [3.63, 3.8) is 0 Å². The van der Waals surface area contributed by atoms with Crippen molar-refractivity contribution in [3.8, 4) is 22.6 Å². The average Bonchev–Trinajstić information content (AvgIpc) is 3.92. The van der Waals surface area contributed by atoms with Crippen molar-refractivity contribution >= 4 is 58.7 Å². The fourth-order valence-electron chi connectivity index (χ4n) is 8.93. The van der Waals surface area contributed by atoms with Crippen molar-refractivity contribution in [3.05, 3.63) is 183 Å². The van der Waals surface area contributed by atoms with Gasteiger partial charge in [-0.3, -0.25) is 57.9 Å². The lowest BCUT2D eigenvalue weighted by molar-refractivity contribution is 0.0630. The number of anilines is 1. The van der Waals surface area contributed by atoms with E-state index in [9.17, 15) is 43.2 Å². The first-order valence-corrected chi connectivity index (χ1v) is 21.7. The highest BCUT2D eigenvalue weighted by Crippen LogP contribution is 2.36. The summed E-state index contributed by atoms with van der Waals surface area (Å²) in [5.74, 6) is -3.01. The first kappa shape index (κ1) is 42.3. The van der Waals surface area contributed by atoms with Crippen molar-refractivity contribution < 1.29 is 47.9 Å². The molecule has 0 aliphatic carbocycles. The molecule has 330 valence electrons. The molecular weight excluding hydrogens is 853 g/mol. The Labute approximate surface area is 383 Å². The highest BCUT2D eigenvalue weighted by molar-refractivity contribution is 6.35. The molecule has 8 amide bonds. The van der Waals surface area contributed by atoms with Crippen molar-refractivity contribution in [2.24, 2.45) is 0 Å². The number of hydrogen-bond acceptors (Lipinski definition) is 10. The maximum Gasteiger partial charge on any atom is 0.266 e. The first-order valence-electron chi connectivity index (χ1n) is 21.7. The zero-order valence-electron chi connectivity index (χ0n) is 36.2. The molecule has 0 fully saturated rings. The van der Waals surface area contributed by atoms with Crippen LogP contribution in [0.2, 0.25) is 0 Å². The lowest BCUT2D eigenvalue weighted by atomic mass is 9.96. The molecule has 0 atom stereocenters. The second kappa shape index (κ2) is 16.4. The van der Waals surface area contributed by atoms with Crippen LogP contribution in [0.25, 0.3) is 11.1 Å². The smallest absolute Gasteiger partial charge is 0.266 e. The topological polar surface area (TPSA) is 176 Å². The van der Waals surface area contributed by atoms with Crippen LogP contribution < -0.4 is 9.64 Å². The lowest BCUT2D eigenvalue weighted by Gasteiger charge is -2.15. The van der Waals surface area contributed by atoms with Crippen molar-refractivity contribution in [2.45, 2.75) is 32.6 Å². The molecule has 14 nitrogen and oxygen atoms in total. The molecule has 6 aromatic rings. The number of hydrogen-bond donors (Lipinski definition) is 0. The number of carbonyl (C=O) groups is 9. The molecule has 0 bridgehead atoms. The third-order valence-corrected chi connectivity index (χ3v) is 12.6. The van der Waals surface area contributed by atoms with Gasteiger partial charge in [-0.05, 0) is 116 Å². The van der Waals surface area contributed by atoms with Gasteiger partial charge in [-0.15, -0.1) is 0 Å². The van der Waals surface area contributed by atoms with E-state index in [1.165, 1.54) is 48.3 Å². The van der Waals surface area contributed by atoms with Gasteiger partial charge in [0.15, 0.2) is 5.78 Å². The van der Waals surface area contributed by atoms with Gasteiger partial charge in [0.05, 0.1) is 50.2 Å². The summed E-state index contributed by atoms with van der Waals surface area (Å²) in [6.45, 7) is 2.29. The highest BCUT2D eigenvalue weighted by Gasteiger charge is 2.40. The third-order valence-electron chi connectivity index (χ3n) is 12.6. The summed E-state index contributed by atoms with van der Waals surface area (Å²) < 4.78 is 5.90. The fourth-order valence-corrected chi connectivity index (χ4v) is 8.93. The van der Waals surface area contributed by atoms with E-state index >= 15 is 0 Å². The van der Waals surface area contributed by atoms with Gasteiger partial charge in [0, 0.05) is 31.3 Å². The Bertz CT molecular complexity index is 3230. The van der Waals surface area contributed by atoms with Crippen LogP contribution in [-0.4, -0.2) is 87.9 Å². The molecule has 4 heterocycles. The number of benzene rings is 6. The predicted octanol–water partition coefficient (Wildman–Crippen LogP) is 8.16. The molecular formula is C53H38N4O10. The number of aryl methyl sites for hydroxylation is 1. The lowest BCUT2D eigenvalue weighted by Crippen LogP contribution is -2.31. The van der Waals surface area contributed by atoms with Crippen LogP contribution in [0.3, 0.4) is 0 Å². The highest BCUT2D eigenvalue weighted by atomic mass is 16.5. The van der Waals surface area contributed by atoms with Crippen LogP contribution in [0.15, 0.2) is 121 Å². The Kier molecular flexibility index (Phi) is 10.4. The van der Waals surface area contributed by atoms with Gasteiger partial charge in [0.1, 0.15) is 11.5 Å². The number of fused-ring (bicyclic) bond motifs is 4. The number of unbranched alkanes of at least 4 members (excludes halogenated alkanes) is 3. The summed E-state index contributed by atoms with van der Waals surface area (Å²) in [5, 5.41) is 0. The van der Waals surface area contributed by atoms with Gasteiger partial charge in [0.2, 0.25) is 0 Å². The summed E-state index contributed by atoms with van der Waals surface area (Å²) in [7, 11) is 1.36. The number of nitrogens with zero attached hydrogens (tertiary/aromatic N) is 4. The Hall–Kier alpha value is -8.65. The quantitative estimate of drug-likeness (QED) is 0.0625. The maximum absolute atomic E-state index is 13.7. The van der Waals surface area contributed by atoms with E-state index in [1.807, 2.05) is 31.2 Å². The number of amides is 8. The summed E-state index contributed by atoms with van der Waals surface area (Å²) in [5.41, 5.74) is 4.60. The van der Waals surface area contributed by atoms with E-state index in [-0.39, 0.29) is 68.7 Å². The van der Waals surface area contributed by atoms with Gasteiger partial charge in [-0.2, -0.15) is 0 Å². The Morgan fingerprint density at radius 3 is 1.34 bits per heavy atom. The van der Waals surface area contributed by atoms with Crippen LogP contribution in [0.1, 0.15) is 130 Å². The summed E-state index contributed by atoms with van der Waals surface area (Å²) >= 11 is 0. The Morgan fingerprint density at radius 2 is 0.806 bits per heavy atom. The monoisotopic (exact) mass is 890 g/mol. The van der Waals surface area contributed by atoms with Gasteiger partial charge in [0.25, 0.3) is 47.3 Å². The Balaban J connectivity index is 0.725. The zero-order valence-corrected chi connectivity index (χ0v) is 36.2. The standard InChI is InChI=1S/C53H38N4O10/c1-29-7-15-35(16-8-29)67-36-17-13-34(14-18-36)57-52(65)40-20-10-31(26-44(40)53(57)66)30-9-19-38-42(25-30)50(63)55(48(38)61)23-5-3-4-6-24-56-49(62)39-22-12-33(28-43(39)51(56)64)45(58)32-11-21-37-41(27-32)47(60)54(2)46(37)59/h7-22,25-28H,3-6,23-24H2,1-2H3. The summed E-state index contributed by atoms with van der Waals surface area (Å²) in [6.07, 6.45) is 2.17.